The zero-order chi connectivity index (χ0) is 23.2. The minimum Gasteiger partial charge on any atom is -0.494 e. The molecule has 2 aliphatic rings. The second-order valence-electron chi connectivity index (χ2n) is 9.01. The van der Waals surface area contributed by atoms with Crippen molar-refractivity contribution in [1.29, 1.82) is 0 Å². The van der Waals surface area contributed by atoms with E-state index in [2.05, 4.69) is 31.7 Å². The quantitative estimate of drug-likeness (QED) is 0.596. The summed E-state index contributed by atoms with van der Waals surface area (Å²) in [5, 5.41) is 0. The number of benzene rings is 1. The number of nitrogen functional groups attached to an aromatic ring is 1. The van der Waals surface area contributed by atoms with Crippen LogP contribution in [0, 0.1) is 11.7 Å². The Morgan fingerprint density at radius 3 is 2.64 bits per heavy atom. The number of hydrogen-bond donors (Lipinski definition) is 1. The van der Waals surface area contributed by atoms with Crippen LogP contribution in [0.1, 0.15) is 51.9 Å². The topological polar surface area (TPSA) is 89.6 Å². The van der Waals surface area contributed by atoms with Gasteiger partial charge in [-0.15, -0.1) is 0 Å². The smallest absolute Gasteiger partial charge is 0.328 e. The molecule has 2 aromatic rings. The summed E-state index contributed by atoms with van der Waals surface area (Å²) in [6.45, 7) is 6.14. The Kier molecular flexibility index (Phi) is 7.80. The molecule has 2 heterocycles. The molecular weight excluding hydrogens is 423 g/mol. The largest absolute Gasteiger partial charge is 0.494 e. The molecule has 1 aromatic heterocycles. The molecule has 1 saturated carbocycles. The van der Waals surface area contributed by atoms with Crippen molar-refractivity contribution in [2.45, 2.75) is 57.9 Å². The zero-order valence-corrected chi connectivity index (χ0v) is 19.7. The highest BCUT2D eigenvalue weighted by atomic mass is 19.1. The lowest BCUT2D eigenvalue weighted by Gasteiger charge is -2.34. The van der Waals surface area contributed by atoms with Crippen LogP contribution in [0.4, 0.5) is 16.3 Å². The van der Waals surface area contributed by atoms with Crippen LogP contribution in [0.2, 0.25) is 0 Å². The van der Waals surface area contributed by atoms with E-state index >= 15 is 0 Å². The van der Waals surface area contributed by atoms with Gasteiger partial charge >= 0.3 is 6.01 Å². The van der Waals surface area contributed by atoms with Gasteiger partial charge < -0.3 is 20.1 Å². The summed E-state index contributed by atoms with van der Waals surface area (Å²) in [5.41, 5.74) is 6.05. The Bertz CT molecular complexity index is 924. The predicted molar refractivity (Wildman–Crippen MR) is 126 cm³/mol. The Labute approximate surface area is 195 Å². The minimum atomic E-state index is -0.517. The highest BCUT2D eigenvalue weighted by Gasteiger charge is 2.28. The van der Waals surface area contributed by atoms with Crippen LogP contribution in [0.3, 0.4) is 0 Å². The lowest BCUT2D eigenvalue weighted by molar-refractivity contribution is 0.262. The number of nitrogens with two attached hydrogens (primary N) is 1. The molecule has 0 radical (unpaired) electrons. The maximum absolute atomic E-state index is 14.1. The number of ether oxygens (including phenoxy) is 2. The minimum absolute atomic E-state index is 0.0643. The molecule has 1 aliphatic carbocycles. The van der Waals surface area contributed by atoms with Crippen molar-refractivity contribution < 1.29 is 13.9 Å². The van der Waals surface area contributed by atoms with E-state index in [0.29, 0.717) is 17.9 Å². The predicted octanol–water partition coefficient (Wildman–Crippen LogP) is 4.26. The van der Waals surface area contributed by atoms with Gasteiger partial charge in [0.05, 0.1) is 7.11 Å². The number of nitrogens with zero attached hydrogens (tertiary/aromatic N) is 5. The number of methoxy groups -OCH3 is 1. The van der Waals surface area contributed by atoms with Crippen molar-refractivity contribution in [3.05, 3.63) is 24.0 Å². The summed E-state index contributed by atoms with van der Waals surface area (Å²) in [7, 11) is 1.42. The number of rotatable bonds is 9. The van der Waals surface area contributed by atoms with E-state index in [0.717, 1.165) is 26.2 Å². The average Bonchev–Trinajstić information content (AvgIpc) is 3.26. The first-order chi connectivity index (χ1) is 16.1. The molecule has 8 nitrogen and oxygen atoms in total. The molecule has 0 spiro atoms. The van der Waals surface area contributed by atoms with E-state index in [1.165, 1.54) is 64.2 Å². The number of hydrogen-bond acceptors (Lipinski definition) is 8. The molecule has 1 aliphatic heterocycles. The normalized spacial score (nSPS) is 19.5. The second-order valence-corrected chi connectivity index (χ2v) is 9.01. The van der Waals surface area contributed by atoms with Crippen molar-refractivity contribution >= 4 is 11.9 Å². The Balaban J connectivity index is 1.57. The summed E-state index contributed by atoms with van der Waals surface area (Å²) in [5.74, 6) is 1.15. The Morgan fingerprint density at radius 2 is 1.91 bits per heavy atom. The molecule has 33 heavy (non-hydrogen) atoms. The number of likely N-dealkylation sites (N-methyl/N-ethyl adjacent to an activating group) is 1. The summed E-state index contributed by atoms with van der Waals surface area (Å²) in [4.78, 5) is 18.0. The number of halogens is 1. The number of anilines is 2. The van der Waals surface area contributed by atoms with E-state index in [-0.39, 0.29) is 23.5 Å². The van der Waals surface area contributed by atoms with E-state index in [4.69, 9.17) is 15.2 Å². The Hall–Kier alpha value is -2.68. The summed E-state index contributed by atoms with van der Waals surface area (Å²) in [6, 6.07) is 4.89. The van der Waals surface area contributed by atoms with Gasteiger partial charge in [-0.05, 0) is 56.8 Å². The lowest BCUT2D eigenvalue weighted by Crippen LogP contribution is -2.43. The Morgan fingerprint density at radius 1 is 1.09 bits per heavy atom. The van der Waals surface area contributed by atoms with Crippen LogP contribution < -0.4 is 20.1 Å². The van der Waals surface area contributed by atoms with E-state index < -0.39 is 5.82 Å². The van der Waals surface area contributed by atoms with Gasteiger partial charge in [0.15, 0.2) is 11.6 Å². The highest BCUT2D eigenvalue weighted by molar-refractivity contribution is 5.39. The summed E-state index contributed by atoms with van der Waals surface area (Å²) in [6.07, 6.45) is 8.72. The molecule has 9 heteroatoms. The van der Waals surface area contributed by atoms with Gasteiger partial charge in [-0.1, -0.05) is 26.2 Å². The molecule has 2 fully saturated rings. The van der Waals surface area contributed by atoms with Crippen LogP contribution in [0.25, 0.3) is 0 Å². The number of aromatic nitrogens is 3. The zero-order valence-electron chi connectivity index (χ0n) is 19.7. The third-order valence-corrected chi connectivity index (χ3v) is 6.78. The van der Waals surface area contributed by atoms with Crippen LogP contribution in [0.5, 0.6) is 17.5 Å². The lowest BCUT2D eigenvalue weighted by atomic mass is 9.89. The molecule has 2 N–H and O–H groups in total. The number of likely N-dealkylation sites (tertiary alicyclic amines) is 1. The van der Waals surface area contributed by atoms with Crippen LogP contribution in [0.15, 0.2) is 18.2 Å². The molecule has 0 bridgehead atoms. The van der Waals surface area contributed by atoms with E-state index in [9.17, 15) is 4.39 Å². The maximum atomic E-state index is 14.1. The van der Waals surface area contributed by atoms with Crippen molar-refractivity contribution in [1.82, 2.24) is 19.9 Å². The van der Waals surface area contributed by atoms with Gasteiger partial charge in [0.1, 0.15) is 5.75 Å². The first-order valence-electron chi connectivity index (χ1n) is 12.1. The van der Waals surface area contributed by atoms with Crippen molar-refractivity contribution in [2.75, 3.05) is 43.9 Å². The fourth-order valence-corrected chi connectivity index (χ4v) is 5.06. The van der Waals surface area contributed by atoms with Crippen LogP contribution in [-0.2, 0) is 0 Å². The van der Waals surface area contributed by atoms with Crippen molar-refractivity contribution in [2.24, 2.45) is 5.92 Å². The van der Waals surface area contributed by atoms with E-state index in [1.807, 2.05) is 0 Å². The molecule has 0 amide bonds. The summed E-state index contributed by atoms with van der Waals surface area (Å²) < 4.78 is 24.8. The molecule has 180 valence electrons. The first-order valence-corrected chi connectivity index (χ1v) is 12.1. The molecule has 1 aromatic carbocycles. The SMILES string of the molecule is CCN1CCCC1CN(CC1CCCCC1)c1nc(N)nc(Oc2ccc(OC)c(F)c2)n1. The van der Waals surface area contributed by atoms with Crippen LogP contribution in [-0.4, -0.2) is 59.2 Å². The van der Waals surface area contributed by atoms with Gasteiger partial charge in [0.25, 0.3) is 0 Å². The van der Waals surface area contributed by atoms with Crippen LogP contribution >= 0.6 is 0 Å². The van der Waals surface area contributed by atoms with Crippen molar-refractivity contribution in [3.8, 4) is 17.5 Å². The monoisotopic (exact) mass is 458 g/mol. The maximum Gasteiger partial charge on any atom is 0.328 e. The second kappa shape index (κ2) is 11.0. The third kappa shape index (κ3) is 6.01. The fraction of sp³-hybridized carbons (Fsp3) is 0.625. The van der Waals surface area contributed by atoms with Gasteiger partial charge in [0, 0.05) is 25.2 Å². The fourth-order valence-electron chi connectivity index (χ4n) is 5.06. The summed E-state index contributed by atoms with van der Waals surface area (Å²) >= 11 is 0. The molecular formula is C24H35FN6O2. The van der Waals surface area contributed by atoms with Crippen molar-refractivity contribution in [3.63, 3.8) is 0 Å². The molecule has 1 unspecified atom stereocenters. The molecule has 1 atom stereocenters. The van der Waals surface area contributed by atoms with E-state index in [1.54, 1.807) is 6.07 Å². The standard InChI is InChI=1S/C24H35FN6O2/c1-3-30-13-7-10-18(30)16-31(15-17-8-5-4-6-9-17)23-27-22(26)28-24(29-23)33-19-11-12-21(32-2)20(25)14-19/h11-12,14,17-18H,3-10,13,15-16H2,1-2H3,(H2,26,27,28,29). The van der Waals surface area contributed by atoms with Gasteiger partial charge in [0.2, 0.25) is 11.9 Å². The van der Waals surface area contributed by atoms with Gasteiger partial charge in [-0.3, -0.25) is 4.90 Å². The third-order valence-electron chi connectivity index (χ3n) is 6.78. The van der Waals surface area contributed by atoms with Gasteiger partial charge in [-0.2, -0.15) is 15.0 Å². The average molecular weight is 459 g/mol. The molecule has 4 rings (SSSR count). The first kappa shape index (κ1) is 23.5. The van der Waals surface area contributed by atoms with Gasteiger partial charge in [-0.25, -0.2) is 4.39 Å². The highest BCUT2D eigenvalue weighted by Crippen LogP contribution is 2.29. The molecule has 1 saturated heterocycles.